The molecule has 0 aromatic carbocycles. The van der Waals surface area contributed by atoms with E-state index in [1.54, 1.807) is 13.8 Å². The number of unbranched alkanes of at least 4 members (excludes halogenated alkanes) is 1. The summed E-state index contributed by atoms with van der Waals surface area (Å²) in [5.74, 6) is -0.940. The normalized spacial score (nSPS) is 11.9. The van der Waals surface area contributed by atoms with Gasteiger partial charge >= 0.3 is 11.9 Å². The summed E-state index contributed by atoms with van der Waals surface area (Å²) in [6.07, 6.45) is 2.21. The second-order valence-electron chi connectivity index (χ2n) is 3.44. The minimum atomic E-state index is -0.379. The van der Waals surface area contributed by atoms with Gasteiger partial charge in [0.25, 0.3) is 0 Å². The summed E-state index contributed by atoms with van der Waals surface area (Å²) >= 11 is 0. The average molecular weight is 216 g/mol. The van der Waals surface area contributed by atoms with Crippen LogP contribution in [0.3, 0.4) is 0 Å². The van der Waals surface area contributed by atoms with Crippen LogP contribution in [0.25, 0.3) is 0 Å². The molecule has 0 radical (unpaired) electrons. The van der Waals surface area contributed by atoms with E-state index in [0.29, 0.717) is 13.0 Å². The van der Waals surface area contributed by atoms with E-state index in [9.17, 15) is 9.59 Å². The molecule has 0 N–H and O–H groups in total. The van der Waals surface area contributed by atoms with E-state index in [1.807, 2.05) is 6.92 Å². The molecule has 88 valence electrons. The van der Waals surface area contributed by atoms with E-state index in [1.165, 1.54) is 0 Å². The summed E-state index contributed by atoms with van der Waals surface area (Å²) in [6.45, 7) is 5.91. The highest BCUT2D eigenvalue weighted by molar-refractivity contribution is 5.73. The topological polar surface area (TPSA) is 52.6 Å². The zero-order chi connectivity index (χ0) is 11.7. The van der Waals surface area contributed by atoms with Crippen molar-refractivity contribution in [3.8, 4) is 0 Å². The summed E-state index contributed by atoms with van der Waals surface area (Å²) in [4.78, 5) is 22.3. The summed E-state index contributed by atoms with van der Waals surface area (Å²) in [6, 6.07) is 0. The SMILES string of the molecule is CCCCC(=O)OCC(C)C(=O)OCC. The van der Waals surface area contributed by atoms with Gasteiger partial charge in [0.2, 0.25) is 0 Å². The lowest BCUT2D eigenvalue weighted by atomic mass is 10.2. The monoisotopic (exact) mass is 216 g/mol. The van der Waals surface area contributed by atoms with Crippen molar-refractivity contribution in [1.82, 2.24) is 0 Å². The van der Waals surface area contributed by atoms with Gasteiger partial charge in [0.05, 0.1) is 12.5 Å². The molecule has 0 heterocycles. The van der Waals surface area contributed by atoms with E-state index in [4.69, 9.17) is 9.47 Å². The molecule has 0 fully saturated rings. The maximum atomic E-state index is 11.2. The Bertz CT molecular complexity index is 201. The number of carbonyl (C=O) groups excluding carboxylic acids is 2. The molecule has 0 aromatic rings. The second-order valence-corrected chi connectivity index (χ2v) is 3.44. The van der Waals surface area contributed by atoms with Gasteiger partial charge in [-0.15, -0.1) is 0 Å². The molecule has 1 atom stereocenters. The molecule has 15 heavy (non-hydrogen) atoms. The summed E-state index contributed by atoms with van der Waals surface area (Å²) < 4.78 is 9.72. The van der Waals surface area contributed by atoms with Gasteiger partial charge in [-0.25, -0.2) is 0 Å². The quantitative estimate of drug-likeness (QED) is 0.610. The van der Waals surface area contributed by atoms with Crippen LogP contribution in [0.2, 0.25) is 0 Å². The van der Waals surface area contributed by atoms with Crippen molar-refractivity contribution in [2.24, 2.45) is 5.92 Å². The molecule has 0 saturated heterocycles. The largest absolute Gasteiger partial charge is 0.466 e. The van der Waals surface area contributed by atoms with Crippen molar-refractivity contribution in [3.63, 3.8) is 0 Å². The first-order valence-electron chi connectivity index (χ1n) is 5.44. The first-order valence-corrected chi connectivity index (χ1v) is 5.44. The molecule has 0 aliphatic heterocycles. The van der Waals surface area contributed by atoms with E-state index in [-0.39, 0.29) is 24.5 Å². The number of carbonyl (C=O) groups is 2. The summed E-state index contributed by atoms with van der Waals surface area (Å²) in [5.41, 5.74) is 0. The fourth-order valence-corrected chi connectivity index (χ4v) is 0.964. The Morgan fingerprint density at radius 2 is 1.87 bits per heavy atom. The van der Waals surface area contributed by atoms with Gasteiger partial charge < -0.3 is 9.47 Å². The maximum absolute atomic E-state index is 11.2. The molecule has 0 spiro atoms. The summed E-state index contributed by atoms with van der Waals surface area (Å²) in [7, 11) is 0. The Balaban J connectivity index is 3.65. The van der Waals surface area contributed by atoms with E-state index >= 15 is 0 Å². The third-order valence-electron chi connectivity index (χ3n) is 1.92. The van der Waals surface area contributed by atoms with E-state index < -0.39 is 0 Å². The van der Waals surface area contributed by atoms with Crippen LogP contribution in [-0.4, -0.2) is 25.2 Å². The van der Waals surface area contributed by atoms with Gasteiger partial charge in [0.15, 0.2) is 0 Å². The number of hydrogen-bond acceptors (Lipinski definition) is 4. The Hall–Kier alpha value is -1.06. The Labute approximate surface area is 90.9 Å². The predicted octanol–water partition coefficient (Wildman–Crippen LogP) is 1.92. The van der Waals surface area contributed by atoms with Crippen LogP contribution in [0.1, 0.15) is 40.0 Å². The molecule has 4 heteroatoms. The predicted molar refractivity (Wildman–Crippen MR) is 56.3 cm³/mol. The number of hydrogen-bond donors (Lipinski definition) is 0. The fraction of sp³-hybridized carbons (Fsp3) is 0.818. The molecule has 4 nitrogen and oxygen atoms in total. The zero-order valence-corrected chi connectivity index (χ0v) is 9.75. The molecule has 0 aliphatic rings. The van der Waals surface area contributed by atoms with Gasteiger partial charge in [-0.1, -0.05) is 13.3 Å². The lowest BCUT2D eigenvalue weighted by Crippen LogP contribution is -2.21. The lowest BCUT2D eigenvalue weighted by molar-refractivity contribution is -0.153. The van der Waals surface area contributed by atoms with Gasteiger partial charge in [-0.05, 0) is 20.3 Å². The highest BCUT2D eigenvalue weighted by Gasteiger charge is 2.15. The Kier molecular flexibility index (Phi) is 7.68. The van der Waals surface area contributed by atoms with Gasteiger partial charge in [0, 0.05) is 6.42 Å². The molecule has 0 saturated carbocycles. The van der Waals surface area contributed by atoms with Crippen LogP contribution in [0.15, 0.2) is 0 Å². The standard InChI is InChI=1S/C11H20O4/c1-4-6-7-10(12)15-8-9(3)11(13)14-5-2/h9H,4-8H2,1-3H3. The Morgan fingerprint density at radius 3 is 2.40 bits per heavy atom. The van der Waals surface area contributed by atoms with Crippen LogP contribution in [0, 0.1) is 5.92 Å². The smallest absolute Gasteiger partial charge is 0.312 e. The third-order valence-corrected chi connectivity index (χ3v) is 1.92. The fourth-order valence-electron chi connectivity index (χ4n) is 0.964. The number of ether oxygens (including phenoxy) is 2. The van der Waals surface area contributed by atoms with Crippen LogP contribution in [0.5, 0.6) is 0 Å². The Morgan fingerprint density at radius 1 is 1.20 bits per heavy atom. The van der Waals surface area contributed by atoms with Gasteiger partial charge in [0.1, 0.15) is 6.61 Å². The van der Waals surface area contributed by atoms with E-state index in [0.717, 1.165) is 12.8 Å². The molecular weight excluding hydrogens is 196 g/mol. The molecule has 0 rings (SSSR count). The molecule has 0 aliphatic carbocycles. The van der Waals surface area contributed by atoms with Crippen molar-refractivity contribution < 1.29 is 19.1 Å². The molecular formula is C11H20O4. The van der Waals surface area contributed by atoms with Crippen molar-refractivity contribution >= 4 is 11.9 Å². The number of esters is 2. The van der Waals surface area contributed by atoms with Crippen LogP contribution < -0.4 is 0 Å². The highest BCUT2D eigenvalue weighted by atomic mass is 16.5. The minimum absolute atomic E-state index is 0.112. The minimum Gasteiger partial charge on any atom is -0.466 e. The average Bonchev–Trinajstić information content (AvgIpc) is 2.23. The molecule has 0 amide bonds. The second kappa shape index (κ2) is 8.26. The summed E-state index contributed by atoms with van der Waals surface area (Å²) in [5, 5.41) is 0. The van der Waals surface area contributed by atoms with Crippen molar-refractivity contribution in [3.05, 3.63) is 0 Å². The number of rotatable bonds is 7. The van der Waals surface area contributed by atoms with Crippen LogP contribution >= 0.6 is 0 Å². The van der Waals surface area contributed by atoms with Crippen molar-refractivity contribution in [1.29, 1.82) is 0 Å². The van der Waals surface area contributed by atoms with E-state index in [2.05, 4.69) is 0 Å². The highest BCUT2D eigenvalue weighted by Crippen LogP contribution is 2.02. The first-order chi connectivity index (χ1) is 7.11. The lowest BCUT2D eigenvalue weighted by Gasteiger charge is -2.10. The molecule has 0 bridgehead atoms. The van der Waals surface area contributed by atoms with Gasteiger partial charge in [-0.2, -0.15) is 0 Å². The van der Waals surface area contributed by atoms with Crippen molar-refractivity contribution in [2.75, 3.05) is 13.2 Å². The van der Waals surface area contributed by atoms with Gasteiger partial charge in [-0.3, -0.25) is 9.59 Å². The zero-order valence-electron chi connectivity index (χ0n) is 9.75. The maximum Gasteiger partial charge on any atom is 0.312 e. The first kappa shape index (κ1) is 13.9. The van der Waals surface area contributed by atoms with Crippen molar-refractivity contribution in [2.45, 2.75) is 40.0 Å². The third kappa shape index (κ3) is 6.94. The molecule has 0 aromatic heterocycles. The van der Waals surface area contributed by atoms with Crippen LogP contribution in [0.4, 0.5) is 0 Å². The molecule has 1 unspecified atom stereocenters. The van der Waals surface area contributed by atoms with Crippen LogP contribution in [-0.2, 0) is 19.1 Å².